The lowest BCUT2D eigenvalue weighted by Gasteiger charge is -2.33. The minimum atomic E-state index is -0.261. The van der Waals surface area contributed by atoms with Crippen molar-refractivity contribution in [3.8, 4) is 0 Å². The van der Waals surface area contributed by atoms with Crippen molar-refractivity contribution >= 4 is 17.8 Å². The molecule has 3 heterocycles. The summed E-state index contributed by atoms with van der Waals surface area (Å²) in [5.41, 5.74) is 6.41. The number of aromatic nitrogens is 1. The number of nitrogens with one attached hydrogen (secondary N) is 1. The topological polar surface area (TPSA) is 101 Å². The molecule has 1 aromatic rings. The third-order valence-electron chi connectivity index (χ3n) is 4.72. The van der Waals surface area contributed by atoms with Gasteiger partial charge in [0.2, 0.25) is 5.91 Å². The summed E-state index contributed by atoms with van der Waals surface area (Å²) >= 11 is 0. The number of ether oxygens (including phenoxy) is 1. The summed E-state index contributed by atoms with van der Waals surface area (Å²) in [7, 11) is 0. The van der Waals surface area contributed by atoms with Crippen molar-refractivity contribution in [1.82, 2.24) is 15.2 Å². The zero-order valence-electron chi connectivity index (χ0n) is 14.3. The first-order valence-corrected chi connectivity index (χ1v) is 8.74. The van der Waals surface area contributed by atoms with Gasteiger partial charge in [0.1, 0.15) is 5.82 Å². The standard InChI is InChI=1S/C17H25N5O3/c18-15(23)14-4-2-6-22(12-14)16-13(3-1-5-19-16)11-20-17(24)21-7-9-25-10-8-21/h1,3,5,14H,2,4,6-12H2,(H2,18,23)(H,20,24)/t14-/m0/s1. The van der Waals surface area contributed by atoms with Crippen molar-refractivity contribution in [2.75, 3.05) is 44.3 Å². The summed E-state index contributed by atoms with van der Waals surface area (Å²) in [6.45, 7) is 4.19. The molecule has 0 aliphatic carbocycles. The number of amides is 3. The SMILES string of the molecule is NC(=O)[C@H]1CCCN(c2ncccc2CNC(=O)N2CCOCC2)C1. The number of hydrogen-bond donors (Lipinski definition) is 2. The largest absolute Gasteiger partial charge is 0.378 e. The number of pyridine rings is 1. The van der Waals surface area contributed by atoms with E-state index >= 15 is 0 Å². The predicted molar refractivity (Wildman–Crippen MR) is 93.0 cm³/mol. The summed E-state index contributed by atoms with van der Waals surface area (Å²) in [5, 5.41) is 2.96. The van der Waals surface area contributed by atoms with Crippen molar-refractivity contribution < 1.29 is 14.3 Å². The molecule has 25 heavy (non-hydrogen) atoms. The van der Waals surface area contributed by atoms with E-state index in [2.05, 4.69) is 15.2 Å². The van der Waals surface area contributed by atoms with Crippen LogP contribution in [0.25, 0.3) is 0 Å². The van der Waals surface area contributed by atoms with E-state index in [9.17, 15) is 9.59 Å². The lowest BCUT2D eigenvalue weighted by atomic mass is 9.97. The van der Waals surface area contributed by atoms with E-state index in [1.165, 1.54) is 0 Å². The Morgan fingerprint density at radius 3 is 2.88 bits per heavy atom. The number of primary amides is 1. The predicted octanol–water partition coefficient (Wildman–Crippen LogP) is 0.325. The van der Waals surface area contributed by atoms with Crippen LogP contribution in [0.1, 0.15) is 18.4 Å². The summed E-state index contributed by atoms with van der Waals surface area (Å²) < 4.78 is 5.26. The number of urea groups is 1. The number of nitrogens with zero attached hydrogens (tertiary/aromatic N) is 3. The number of piperidine rings is 1. The highest BCUT2D eigenvalue weighted by Crippen LogP contribution is 2.24. The zero-order valence-corrected chi connectivity index (χ0v) is 14.3. The Morgan fingerprint density at radius 2 is 2.12 bits per heavy atom. The summed E-state index contributed by atoms with van der Waals surface area (Å²) in [6, 6.07) is 3.72. The summed E-state index contributed by atoms with van der Waals surface area (Å²) in [4.78, 5) is 32.1. The van der Waals surface area contributed by atoms with Crippen LogP contribution in [0.4, 0.5) is 10.6 Å². The third-order valence-corrected chi connectivity index (χ3v) is 4.72. The lowest BCUT2D eigenvalue weighted by Crippen LogP contribution is -2.46. The molecule has 3 amide bonds. The third kappa shape index (κ3) is 4.39. The van der Waals surface area contributed by atoms with Gasteiger partial charge in [0.25, 0.3) is 0 Å². The summed E-state index contributed by atoms with van der Waals surface area (Å²) in [5.74, 6) is 0.407. The molecular formula is C17H25N5O3. The molecule has 0 radical (unpaired) electrons. The highest BCUT2D eigenvalue weighted by Gasteiger charge is 2.26. The molecule has 2 aliphatic heterocycles. The monoisotopic (exact) mass is 347 g/mol. The highest BCUT2D eigenvalue weighted by molar-refractivity contribution is 5.77. The Morgan fingerprint density at radius 1 is 1.32 bits per heavy atom. The number of anilines is 1. The van der Waals surface area contributed by atoms with E-state index in [1.807, 2.05) is 12.1 Å². The van der Waals surface area contributed by atoms with Crippen LogP contribution in [0.5, 0.6) is 0 Å². The second kappa shape index (κ2) is 8.15. The van der Waals surface area contributed by atoms with Gasteiger partial charge in [-0.15, -0.1) is 0 Å². The Hall–Kier alpha value is -2.35. The molecule has 3 N–H and O–H groups in total. The molecule has 0 saturated carbocycles. The maximum atomic E-state index is 12.3. The Bertz CT molecular complexity index is 618. The van der Waals surface area contributed by atoms with Gasteiger partial charge in [0.05, 0.1) is 19.1 Å². The fraction of sp³-hybridized carbons (Fsp3) is 0.588. The minimum Gasteiger partial charge on any atom is -0.378 e. The molecule has 2 fully saturated rings. The average molecular weight is 347 g/mol. The number of rotatable bonds is 4. The first-order valence-electron chi connectivity index (χ1n) is 8.74. The van der Waals surface area contributed by atoms with Gasteiger partial charge in [0.15, 0.2) is 0 Å². The van der Waals surface area contributed by atoms with Gasteiger partial charge in [-0.2, -0.15) is 0 Å². The maximum absolute atomic E-state index is 12.3. The maximum Gasteiger partial charge on any atom is 0.317 e. The molecule has 136 valence electrons. The molecule has 8 nitrogen and oxygen atoms in total. The van der Waals surface area contributed by atoms with Crippen LogP contribution < -0.4 is 16.0 Å². The first kappa shape index (κ1) is 17.5. The highest BCUT2D eigenvalue weighted by atomic mass is 16.5. The molecule has 0 bridgehead atoms. The quantitative estimate of drug-likeness (QED) is 0.817. The molecular weight excluding hydrogens is 322 g/mol. The molecule has 0 unspecified atom stereocenters. The second-order valence-electron chi connectivity index (χ2n) is 6.43. The average Bonchev–Trinajstić information content (AvgIpc) is 2.67. The van der Waals surface area contributed by atoms with Crippen molar-refractivity contribution in [2.45, 2.75) is 19.4 Å². The van der Waals surface area contributed by atoms with Gasteiger partial charge >= 0.3 is 6.03 Å². The Balaban J connectivity index is 1.64. The summed E-state index contributed by atoms with van der Waals surface area (Å²) in [6.07, 6.45) is 3.46. The molecule has 0 spiro atoms. The fourth-order valence-corrected chi connectivity index (χ4v) is 3.30. The molecule has 3 rings (SSSR count). The van der Waals surface area contributed by atoms with Crippen molar-refractivity contribution in [3.63, 3.8) is 0 Å². The van der Waals surface area contributed by atoms with Crippen LogP contribution in [0, 0.1) is 5.92 Å². The van der Waals surface area contributed by atoms with Crippen LogP contribution >= 0.6 is 0 Å². The van der Waals surface area contributed by atoms with Gasteiger partial charge in [-0.1, -0.05) is 6.07 Å². The Kier molecular flexibility index (Phi) is 5.70. The number of carbonyl (C=O) groups is 2. The number of carbonyl (C=O) groups excluding carboxylic acids is 2. The van der Waals surface area contributed by atoms with Gasteiger partial charge in [-0.3, -0.25) is 4.79 Å². The minimum absolute atomic E-state index is 0.0910. The van der Waals surface area contributed by atoms with E-state index < -0.39 is 0 Å². The van der Waals surface area contributed by atoms with Crippen LogP contribution in [0.15, 0.2) is 18.3 Å². The molecule has 0 aromatic carbocycles. The van der Waals surface area contributed by atoms with Crippen molar-refractivity contribution in [3.05, 3.63) is 23.9 Å². The van der Waals surface area contributed by atoms with E-state index in [1.54, 1.807) is 11.1 Å². The Labute approximate surface area is 147 Å². The molecule has 1 atom stereocenters. The van der Waals surface area contributed by atoms with Gasteiger partial charge in [-0.05, 0) is 18.9 Å². The van der Waals surface area contributed by atoms with Crippen LogP contribution in [-0.2, 0) is 16.1 Å². The zero-order chi connectivity index (χ0) is 17.6. The molecule has 2 aliphatic rings. The smallest absolute Gasteiger partial charge is 0.317 e. The second-order valence-corrected chi connectivity index (χ2v) is 6.43. The van der Waals surface area contributed by atoms with Crippen molar-refractivity contribution in [1.29, 1.82) is 0 Å². The van der Waals surface area contributed by atoms with E-state index in [-0.39, 0.29) is 17.9 Å². The van der Waals surface area contributed by atoms with Gasteiger partial charge < -0.3 is 25.6 Å². The number of nitrogens with two attached hydrogens (primary N) is 1. The normalized spacial score (nSPS) is 21.0. The van der Waals surface area contributed by atoms with E-state index in [0.717, 1.165) is 30.8 Å². The molecule has 2 saturated heterocycles. The van der Waals surface area contributed by atoms with E-state index in [4.69, 9.17) is 10.5 Å². The number of morpholine rings is 1. The van der Waals surface area contributed by atoms with Gasteiger partial charge in [0, 0.05) is 44.5 Å². The van der Waals surface area contributed by atoms with Crippen LogP contribution in [0.2, 0.25) is 0 Å². The molecule has 8 heteroatoms. The van der Waals surface area contributed by atoms with E-state index in [0.29, 0.717) is 39.4 Å². The molecule has 1 aromatic heterocycles. The lowest BCUT2D eigenvalue weighted by molar-refractivity contribution is -0.122. The van der Waals surface area contributed by atoms with Crippen molar-refractivity contribution in [2.24, 2.45) is 11.7 Å². The van der Waals surface area contributed by atoms with Gasteiger partial charge in [-0.25, -0.2) is 9.78 Å². The van der Waals surface area contributed by atoms with Crippen LogP contribution in [-0.4, -0.2) is 61.2 Å². The van der Waals surface area contributed by atoms with Crippen LogP contribution in [0.3, 0.4) is 0 Å². The first-order chi connectivity index (χ1) is 12.1. The fourth-order valence-electron chi connectivity index (χ4n) is 3.30. The number of hydrogen-bond acceptors (Lipinski definition) is 5.